The van der Waals surface area contributed by atoms with Gasteiger partial charge in [-0.1, -0.05) is 0 Å². The molecule has 1 N–H and O–H groups in total. The Morgan fingerprint density at radius 3 is 3.00 bits per heavy atom. The molecule has 0 aromatic carbocycles. The van der Waals surface area contributed by atoms with Crippen molar-refractivity contribution in [3.8, 4) is 0 Å². The van der Waals surface area contributed by atoms with Crippen LogP contribution in [-0.2, 0) is 18.4 Å². The van der Waals surface area contributed by atoms with E-state index in [1.54, 1.807) is 11.1 Å². The molecule has 94 valence electrons. The van der Waals surface area contributed by atoms with Crippen molar-refractivity contribution in [3.05, 3.63) is 18.2 Å². The van der Waals surface area contributed by atoms with Crippen LogP contribution in [0.2, 0.25) is 0 Å². The van der Waals surface area contributed by atoms with Gasteiger partial charge in [0.25, 0.3) is 0 Å². The molecule has 5 heteroatoms. The van der Waals surface area contributed by atoms with Gasteiger partial charge in [0.15, 0.2) is 0 Å². The molecule has 0 saturated carbocycles. The number of amides is 1. The number of rotatable bonds is 3. The third-order valence-corrected chi connectivity index (χ3v) is 3.49. The van der Waals surface area contributed by atoms with Gasteiger partial charge >= 0.3 is 0 Å². The van der Waals surface area contributed by atoms with E-state index in [1.807, 2.05) is 31.8 Å². The van der Waals surface area contributed by atoms with Gasteiger partial charge in [0.1, 0.15) is 5.82 Å². The van der Waals surface area contributed by atoms with E-state index < -0.39 is 0 Å². The number of carbonyl (C=O) groups excluding carboxylic acids is 1. The number of likely N-dealkylation sites (N-methyl/N-ethyl adjacent to an activating group) is 1. The summed E-state index contributed by atoms with van der Waals surface area (Å²) in [5, 5.41) is 3.29. The van der Waals surface area contributed by atoms with Crippen LogP contribution in [-0.4, -0.2) is 39.5 Å². The number of aromatic nitrogens is 2. The maximum atomic E-state index is 12.3. The summed E-state index contributed by atoms with van der Waals surface area (Å²) >= 11 is 0. The van der Waals surface area contributed by atoms with Crippen LogP contribution in [0, 0.1) is 0 Å². The summed E-state index contributed by atoms with van der Waals surface area (Å²) in [4.78, 5) is 18.3. The third-order valence-electron chi connectivity index (χ3n) is 3.49. The molecular weight excluding hydrogens is 216 g/mol. The van der Waals surface area contributed by atoms with Crippen molar-refractivity contribution in [2.45, 2.75) is 31.8 Å². The molecule has 2 heterocycles. The smallest absolute Gasteiger partial charge is 0.242 e. The standard InChI is InChI=1S/C12H20N4O/c1-12(5-4-6-14-12)11(17)16(3)9-10-13-7-8-15(10)2/h7-8,14H,4-6,9H2,1-3H3. The highest BCUT2D eigenvalue weighted by Crippen LogP contribution is 2.21. The number of aryl methyl sites for hydroxylation is 1. The molecule has 0 radical (unpaired) electrons. The minimum atomic E-state index is -0.389. The van der Waals surface area contributed by atoms with Crippen LogP contribution >= 0.6 is 0 Å². The van der Waals surface area contributed by atoms with Crippen molar-refractivity contribution in [2.75, 3.05) is 13.6 Å². The Hall–Kier alpha value is -1.36. The molecule has 1 fully saturated rings. The highest BCUT2D eigenvalue weighted by Gasteiger charge is 2.37. The predicted molar refractivity (Wildman–Crippen MR) is 65.3 cm³/mol. The second kappa shape index (κ2) is 4.49. The maximum absolute atomic E-state index is 12.3. The van der Waals surface area contributed by atoms with Crippen LogP contribution in [0.4, 0.5) is 0 Å². The van der Waals surface area contributed by atoms with Crippen molar-refractivity contribution < 1.29 is 4.79 Å². The summed E-state index contributed by atoms with van der Waals surface area (Å²) in [6.45, 7) is 3.47. The molecule has 1 aliphatic heterocycles. The van der Waals surface area contributed by atoms with Gasteiger partial charge in [-0.15, -0.1) is 0 Å². The van der Waals surface area contributed by atoms with Crippen LogP contribution in [0.1, 0.15) is 25.6 Å². The summed E-state index contributed by atoms with van der Waals surface area (Å²) < 4.78 is 1.94. The van der Waals surface area contributed by atoms with Gasteiger partial charge < -0.3 is 14.8 Å². The summed E-state index contributed by atoms with van der Waals surface area (Å²) in [5.41, 5.74) is -0.389. The van der Waals surface area contributed by atoms with Crippen LogP contribution in [0.5, 0.6) is 0 Å². The number of carbonyl (C=O) groups is 1. The summed E-state index contributed by atoms with van der Waals surface area (Å²) in [5.74, 6) is 1.06. The maximum Gasteiger partial charge on any atom is 0.242 e. The summed E-state index contributed by atoms with van der Waals surface area (Å²) in [6.07, 6.45) is 5.63. The average molecular weight is 236 g/mol. The van der Waals surface area contributed by atoms with E-state index in [0.29, 0.717) is 6.54 Å². The van der Waals surface area contributed by atoms with Crippen LogP contribution < -0.4 is 5.32 Å². The van der Waals surface area contributed by atoms with Gasteiger partial charge in [-0.25, -0.2) is 4.98 Å². The van der Waals surface area contributed by atoms with E-state index in [1.165, 1.54) is 0 Å². The molecule has 0 aliphatic carbocycles. The lowest BCUT2D eigenvalue weighted by Gasteiger charge is -2.29. The molecule has 5 nitrogen and oxygen atoms in total. The van der Waals surface area contributed by atoms with Gasteiger partial charge in [0.2, 0.25) is 5.91 Å². The molecule has 1 unspecified atom stereocenters. The number of hydrogen-bond acceptors (Lipinski definition) is 3. The largest absolute Gasteiger partial charge is 0.337 e. The monoisotopic (exact) mass is 236 g/mol. The van der Waals surface area contributed by atoms with E-state index in [4.69, 9.17) is 0 Å². The van der Waals surface area contributed by atoms with Crippen molar-refractivity contribution in [2.24, 2.45) is 7.05 Å². The lowest BCUT2D eigenvalue weighted by molar-refractivity contribution is -0.136. The quantitative estimate of drug-likeness (QED) is 0.832. The number of nitrogens with one attached hydrogen (secondary N) is 1. The van der Waals surface area contributed by atoms with E-state index >= 15 is 0 Å². The zero-order valence-corrected chi connectivity index (χ0v) is 10.7. The lowest BCUT2D eigenvalue weighted by Crippen LogP contribution is -2.51. The SMILES string of the molecule is CN(Cc1nccn1C)C(=O)C1(C)CCCN1. The molecule has 1 aliphatic rings. The zero-order valence-electron chi connectivity index (χ0n) is 10.7. The van der Waals surface area contributed by atoms with E-state index in [2.05, 4.69) is 10.3 Å². The van der Waals surface area contributed by atoms with Crippen molar-refractivity contribution >= 4 is 5.91 Å². The third kappa shape index (κ3) is 2.34. The van der Waals surface area contributed by atoms with Gasteiger partial charge in [0, 0.05) is 26.5 Å². The Kier molecular flexibility index (Phi) is 3.19. The van der Waals surface area contributed by atoms with Crippen LogP contribution in [0.3, 0.4) is 0 Å². The lowest BCUT2D eigenvalue weighted by atomic mass is 9.99. The summed E-state index contributed by atoms with van der Waals surface area (Å²) in [7, 11) is 3.78. The molecule has 1 saturated heterocycles. The molecule has 1 amide bonds. The molecule has 17 heavy (non-hydrogen) atoms. The fraction of sp³-hybridized carbons (Fsp3) is 0.667. The molecule has 1 aromatic rings. The predicted octanol–water partition coefficient (Wildman–Crippen LogP) is 0.521. The number of nitrogens with zero attached hydrogens (tertiary/aromatic N) is 3. The van der Waals surface area contributed by atoms with Gasteiger partial charge in [-0.2, -0.15) is 0 Å². The minimum Gasteiger partial charge on any atom is -0.337 e. The van der Waals surface area contributed by atoms with Gasteiger partial charge in [0.05, 0.1) is 12.1 Å². The average Bonchev–Trinajstić information content (AvgIpc) is 2.89. The van der Waals surface area contributed by atoms with E-state index in [-0.39, 0.29) is 11.4 Å². The van der Waals surface area contributed by atoms with Crippen LogP contribution in [0.25, 0.3) is 0 Å². The van der Waals surface area contributed by atoms with Crippen molar-refractivity contribution in [1.29, 1.82) is 0 Å². The normalized spacial score (nSPS) is 23.9. The first-order valence-corrected chi connectivity index (χ1v) is 6.00. The second-order valence-electron chi connectivity index (χ2n) is 4.98. The first-order valence-electron chi connectivity index (χ1n) is 6.00. The fourth-order valence-corrected chi connectivity index (χ4v) is 2.33. The van der Waals surface area contributed by atoms with E-state index in [9.17, 15) is 4.79 Å². The fourth-order valence-electron chi connectivity index (χ4n) is 2.33. The van der Waals surface area contributed by atoms with E-state index in [0.717, 1.165) is 25.2 Å². The van der Waals surface area contributed by atoms with Gasteiger partial charge in [-0.05, 0) is 26.3 Å². The molecule has 0 bridgehead atoms. The highest BCUT2D eigenvalue weighted by atomic mass is 16.2. The molecule has 1 atom stereocenters. The van der Waals surface area contributed by atoms with Crippen LogP contribution in [0.15, 0.2) is 12.4 Å². The minimum absolute atomic E-state index is 0.151. The Morgan fingerprint density at radius 1 is 1.71 bits per heavy atom. The topological polar surface area (TPSA) is 50.2 Å². The Labute approximate surface area is 102 Å². The van der Waals surface area contributed by atoms with Gasteiger partial charge in [-0.3, -0.25) is 4.79 Å². The van der Waals surface area contributed by atoms with Crippen molar-refractivity contribution in [1.82, 2.24) is 19.8 Å². The Morgan fingerprint density at radius 2 is 2.47 bits per heavy atom. The molecule has 1 aromatic heterocycles. The number of imidazole rings is 1. The molecule has 2 rings (SSSR count). The molecule has 0 spiro atoms. The number of hydrogen-bond donors (Lipinski definition) is 1. The molecular formula is C12H20N4O. The first kappa shape index (κ1) is 12.1. The Balaban J connectivity index is 2.03. The highest BCUT2D eigenvalue weighted by molar-refractivity contribution is 5.86. The summed E-state index contributed by atoms with van der Waals surface area (Å²) in [6, 6.07) is 0. The zero-order chi connectivity index (χ0) is 12.5. The Bertz CT molecular complexity index is 406. The first-order chi connectivity index (χ1) is 8.03. The second-order valence-corrected chi connectivity index (χ2v) is 4.98. The van der Waals surface area contributed by atoms with Crippen molar-refractivity contribution in [3.63, 3.8) is 0 Å².